The van der Waals surface area contributed by atoms with Gasteiger partial charge in [-0.1, -0.05) is 30.3 Å². The molecule has 0 aliphatic carbocycles. The fourth-order valence-corrected chi connectivity index (χ4v) is 1.80. The number of rotatable bonds is 4. The molecular weight excluding hydrogens is 265 g/mol. The maximum atomic E-state index is 13.0. The standard InChI is InChI=1S/C15H11F3N2/c16-13-6-12(7-14(17)15(13)18)20-9-11(8-19)10-4-2-1-3-5-10/h1-7,11,20H,9H2. The van der Waals surface area contributed by atoms with Gasteiger partial charge in [0.25, 0.3) is 0 Å². The van der Waals surface area contributed by atoms with Gasteiger partial charge in [0.2, 0.25) is 0 Å². The number of benzene rings is 2. The van der Waals surface area contributed by atoms with Crippen LogP contribution in [-0.4, -0.2) is 6.54 Å². The lowest BCUT2D eigenvalue weighted by molar-refractivity contribution is 0.447. The first-order chi connectivity index (χ1) is 9.61. The molecule has 0 fully saturated rings. The van der Waals surface area contributed by atoms with E-state index >= 15 is 0 Å². The van der Waals surface area contributed by atoms with Gasteiger partial charge in [0.15, 0.2) is 17.5 Å². The highest BCUT2D eigenvalue weighted by atomic mass is 19.2. The molecule has 2 aromatic carbocycles. The van der Waals surface area contributed by atoms with Gasteiger partial charge in [-0.25, -0.2) is 13.2 Å². The Morgan fingerprint density at radius 2 is 1.65 bits per heavy atom. The molecule has 0 bridgehead atoms. The van der Waals surface area contributed by atoms with E-state index in [4.69, 9.17) is 5.26 Å². The predicted molar refractivity (Wildman–Crippen MR) is 69.6 cm³/mol. The Bertz CT molecular complexity index is 612. The molecule has 2 nitrogen and oxygen atoms in total. The van der Waals surface area contributed by atoms with Crippen molar-refractivity contribution >= 4 is 5.69 Å². The Balaban J connectivity index is 2.10. The van der Waals surface area contributed by atoms with Crippen LogP contribution < -0.4 is 5.32 Å². The van der Waals surface area contributed by atoms with Crippen LogP contribution in [-0.2, 0) is 0 Å². The van der Waals surface area contributed by atoms with Crippen LogP contribution in [0.4, 0.5) is 18.9 Å². The highest BCUT2D eigenvalue weighted by Crippen LogP contribution is 2.20. The van der Waals surface area contributed by atoms with Gasteiger partial charge < -0.3 is 5.32 Å². The first-order valence-corrected chi connectivity index (χ1v) is 5.95. The summed E-state index contributed by atoms with van der Waals surface area (Å²) in [6, 6.07) is 12.8. The van der Waals surface area contributed by atoms with Crippen LogP contribution in [0, 0.1) is 28.8 Å². The predicted octanol–water partition coefficient (Wildman–Crippen LogP) is 3.82. The number of anilines is 1. The van der Waals surface area contributed by atoms with Crippen molar-refractivity contribution in [3.63, 3.8) is 0 Å². The van der Waals surface area contributed by atoms with Gasteiger partial charge in [0, 0.05) is 24.4 Å². The van der Waals surface area contributed by atoms with Gasteiger partial charge in [0.1, 0.15) is 0 Å². The van der Waals surface area contributed by atoms with Crippen LogP contribution in [0.3, 0.4) is 0 Å². The van der Waals surface area contributed by atoms with Crippen molar-refractivity contribution in [1.82, 2.24) is 0 Å². The average molecular weight is 276 g/mol. The molecule has 20 heavy (non-hydrogen) atoms. The smallest absolute Gasteiger partial charge is 0.194 e. The molecule has 0 heterocycles. The molecule has 0 aliphatic heterocycles. The van der Waals surface area contributed by atoms with Crippen molar-refractivity contribution in [3.05, 3.63) is 65.5 Å². The third-order valence-electron chi connectivity index (χ3n) is 2.85. The van der Waals surface area contributed by atoms with Crippen molar-refractivity contribution in [2.24, 2.45) is 0 Å². The van der Waals surface area contributed by atoms with Crippen LogP contribution in [0.15, 0.2) is 42.5 Å². The minimum atomic E-state index is -1.50. The summed E-state index contributed by atoms with van der Waals surface area (Å²) in [6.07, 6.45) is 0. The van der Waals surface area contributed by atoms with Crippen LogP contribution in [0.25, 0.3) is 0 Å². The normalized spacial score (nSPS) is 11.7. The van der Waals surface area contributed by atoms with E-state index in [1.165, 1.54) is 0 Å². The Kier molecular flexibility index (Phi) is 4.26. The van der Waals surface area contributed by atoms with Gasteiger partial charge in [0.05, 0.1) is 12.0 Å². The fraction of sp³-hybridized carbons (Fsp3) is 0.133. The van der Waals surface area contributed by atoms with E-state index in [-0.39, 0.29) is 12.2 Å². The van der Waals surface area contributed by atoms with E-state index in [1.54, 1.807) is 24.3 Å². The summed E-state index contributed by atoms with van der Waals surface area (Å²) in [6.45, 7) is 0.172. The van der Waals surface area contributed by atoms with E-state index in [9.17, 15) is 13.2 Å². The molecule has 102 valence electrons. The highest BCUT2D eigenvalue weighted by Gasteiger charge is 2.13. The molecule has 2 rings (SSSR count). The number of nitrogens with one attached hydrogen (secondary N) is 1. The van der Waals surface area contributed by atoms with Crippen molar-refractivity contribution in [2.75, 3.05) is 11.9 Å². The van der Waals surface area contributed by atoms with Gasteiger partial charge in [-0.3, -0.25) is 0 Å². The molecule has 0 saturated heterocycles. The zero-order valence-electron chi connectivity index (χ0n) is 10.4. The summed E-state index contributed by atoms with van der Waals surface area (Å²) in [5.74, 6) is -4.50. The molecular formula is C15H11F3N2. The van der Waals surface area contributed by atoms with Gasteiger partial charge in [-0.15, -0.1) is 0 Å². The summed E-state index contributed by atoms with van der Waals surface area (Å²) in [4.78, 5) is 0. The first-order valence-electron chi connectivity index (χ1n) is 5.95. The maximum absolute atomic E-state index is 13.0. The molecule has 0 amide bonds. The zero-order valence-corrected chi connectivity index (χ0v) is 10.4. The van der Waals surface area contributed by atoms with Crippen LogP contribution in [0.1, 0.15) is 11.5 Å². The highest BCUT2D eigenvalue weighted by molar-refractivity contribution is 5.45. The molecule has 0 saturated carbocycles. The van der Waals surface area contributed by atoms with E-state index in [1.807, 2.05) is 6.07 Å². The number of halogens is 3. The third kappa shape index (κ3) is 3.09. The number of nitrogens with zero attached hydrogens (tertiary/aromatic N) is 1. The lowest BCUT2D eigenvalue weighted by atomic mass is 10.0. The second-order valence-electron chi connectivity index (χ2n) is 4.23. The zero-order chi connectivity index (χ0) is 14.5. The van der Waals surface area contributed by atoms with Gasteiger partial charge in [-0.05, 0) is 5.56 Å². The summed E-state index contributed by atoms with van der Waals surface area (Å²) in [5, 5.41) is 11.8. The van der Waals surface area contributed by atoms with Crippen molar-refractivity contribution in [2.45, 2.75) is 5.92 Å². The molecule has 5 heteroatoms. The largest absolute Gasteiger partial charge is 0.383 e. The molecule has 1 atom stereocenters. The van der Waals surface area contributed by atoms with Crippen LogP contribution in [0.2, 0.25) is 0 Å². The minimum absolute atomic E-state index is 0.0950. The Morgan fingerprint density at radius 3 is 2.20 bits per heavy atom. The number of hydrogen-bond donors (Lipinski definition) is 1. The van der Waals surface area contributed by atoms with E-state index in [0.717, 1.165) is 17.7 Å². The van der Waals surface area contributed by atoms with Crippen LogP contribution >= 0.6 is 0 Å². The van der Waals surface area contributed by atoms with Crippen LogP contribution in [0.5, 0.6) is 0 Å². The monoisotopic (exact) mass is 276 g/mol. The Labute approximate surface area is 114 Å². The minimum Gasteiger partial charge on any atom is -0.383 e. The number of hydrogen-bond acceptors (Lipinski definition) is 2. The summed E-state index contributed by atoms with van der Waals surface area (Å²) in [7, 11) is 0. The lowest BCUT2D eigenvalue weighted by Crippen LogP contribution is -2.11. The second-order valence-corrected chi connectivity index (χ2v) is 4.23. The van der Waals surface area contributed by atoms with Crippen molar-refractivity contribution in [3.8, 4) is 6.07 Å². The van der Waals surface area contributed by atoms with Crippen molar-refractivity contribution in [1.29, 1.82) is 5.26 Å². The van der Waals surface area contributed by atoms with Crippen molar-refractivity contribution < 1.29 is 13.2 Å². The fourth-order valence-electron chi connectivity index (χ4n) is 1.80. The third-order valence-corrected chi connectivity index (χ3v) is 2.85. The molecule has 2 aromatic rings. The number of nitriles is 1. The first kappa shape index (κ1) is 13.9. The second kappa shape index (κ2) is 6.11. The lowest BCUT2D eigenvalue weighted by Gasteiger charge is -2.12. The summed E-state index contributed by atoms with van der Waals surface area (Å²) < 4.78 is 38.9. The Hall–Kier alpha value is -2.48. The van der Waals surface area contributed by atoms with Gasteiger partial charge in [-0.2, -0.15) is 5.26 Å². The van der Waals surface area contributed by atoms with E-state index < -0.39 is 23.4 Å². The SMILES string of the molecule is N#CC(CNc1cc(F)c(F)c(F)c1)c1ccccc1. The summed E-state index contributed by atoms with van der Waals surface area (Å²) >= 11 is 0. The Morgan fingerprint density at radius 1 is 1.05 bits per heavy atom. The molecule has 0 aromatic heterocycles. The topological polar surface area (TPSA) is 35.8 Å². The van der Waals surface area contributed by atoms with Gasteiger partial charge >= 0.3 is 0 Å². The molecule has 0 spiro atoms. The molecule has 0 radical (unpaired) electrons. The summed E-state index contributed by atoms with van der Waals surface area (Å²) in [5.41, 5.74) is 0.892. The molecule has 1 N–H and O–H groups in total. The van der Waals surface area contributed by atoms with E-state index in [0.29, 0.717) is 0 Å². The maximum Gasteiger partial charge on any atom is 0.194 e. The quantitative estimate of drug-likeness (QED) is 0.862. The van der Waals surface area contributed by atoms with E-state index in [2.05, 4.69) is 11.4 Å². The molecule has 1 unspecified atom stereocenters. The molecule has 0 aliphatic rings. The average Bonchev–Trinajstić information content (AvgIpc) is 2.46.